The number of nitrogens with one attached hydrogen (secondary N) is 1. The number of pyridine rings is 1. The highest BCUT2D eigenvalue weighted by molar-refractivity contribution is 14.0. The molecule has 0 radical (unpaired) electrons. The van der Waals surface area contributed by atoms with E-state index < -0.39 is 0 Å². The highest BCUT2D eigenvalue weighted by Crippen LogP contribution is 2.46. The quantitative estimate of drug-likeness (QED) is 0.318. The van der Waals surface area contributed by atoms with Crippen LogP contribution in [0.25, 0.3) is 0 Å². The highest BCUT2D eigenvalue weighted by atomic mass is 127. The predicted octanol–water partition coefficient (Wildman–Crippen LogP) is 3.25. The molecule has 0 unspecified atom stereocenters. The summed E-state index contributed by atoms with van der Waals surface area (Å²) in [5.41, 5.74) is 1.53. The van der Waals surface area contributed by atoms with Crippen molar-refractivity contribution in [1.82, 2.24) is 14.8 Å². The third kappa shape index (κ3) is 4.57. The molecule has 1 aliphatic heterocycles. The van der Waals surface area contributed by atoms with Gasteiger partial charge in [-0.1, -0.05) is 19.9 Å². The summed E-state index contributed by atoms with van der Waals surface area (Å²) in [5.74, 6) is 0.979. The summed E-state index contributed by atoms with van der Waals surface area (Å²) in [4.78, 5) is 18.6. The maximum Gasteiger partial charge on any atom is 0.250 e. The van der Waals surface area contributed by atoms with Crippen LogP contribution in [0.15, 0.2) is 28.0 Å². The molecule has 1 aromatic heterocycles. The van der Waals surface area contributed by atoms with Crippen molar-refractivity contribution in [3.05, 3.63) is 34.2 Å². The molecule has 0 spiro atoms. The first-order valence-corrected chi connectivity index (χ1v) is 8.85. The Morgan fingerprint density at radius 3 is 2.44 bits per heavy atom. The summed E-state index contributed by atoms with van der Waals surface area (Å²) in [6, 6.07) is 5.42. The van der Waals surface area contributed by atoms with E-state index >= 15 is 0 Å². The zero-order chi connectivity index (χ0) is 18.0. The number of guanidine groups is 1. The van der Waals surface area contributed by atoms with E-state index in [2.05, 4.69) is 42.9 Å². The second-order valence-electron chi connectivity index (χ2n) is 7.87. The molecule has 0 bridgehead atoms. The highest BCUT2D eigenvalue weighted by Gasteiger charge is 2.53. The molecule has 6 heteroatoms. The fourth-order valence-electron chi connectivity index (χ4n) is 3.20. The number of aryl methyl sites for hydroxylation is 1. The van der Waals surface area contributed by atoms with Crippen molar-refractivity contribution in [2.24, 2.45) is 10.4 Å². The van der Waals surface area contributed by atoms with E-state index in [4.69, 9.17) is 0 Å². The Morgan fingerprint density at radius 1 is 1.24 bits per heavy atom. The normalized spacial score (nSPS) is 18.3. The van der Waals surface area contributed by atoms with Crippen LogP contribution in [0.1, 0.15) is 46.2 Å². The summed E-state index contributed by atoms with van der Waals surface area (Å²) < 4.78 is 1.84. The SMILES string of the molecule is CN=C(NCCCCn1c(C)cccc1=O)N1CC(C)(C)C1(C)C.I. The fraction of sp³-hybridized carbons (Fsp3) is 0.684. The van der Waals surface area contributed by atoms with Crippen molar-refractivity contribution < 1.29 is 0 Å². The van der Waals surface area contributed by atoms with Gasteiger partial charge in [0.2, 0.25) is 0 Å². The van der Waals surface area contributed by atoms with E-state index in [9.17, 15) is 4.79 Å². The van der Waals surface area contributed by atoms with E-state index in [1.807, 2.05) is 30.7 Å². The Bertz CT molecular complexity index is 664. The number of halogens is 1. The topological polar surface area (TPSA) is 49.6 Å². The molecule has 1 N–H and O–H groups in total. The zero-order valence-electron chi connectivity index (χ0n) is 16.4. The molecule has 0 aliphatic carbocycles. The lowest BCUT2D eigenvalue weighted by Crippen LogP contribution is -2.72. The van der Waals surface area contributed by atoms with Crippen molar-refractivity contribution in [2.75, 3.05) is 20.1 Å². The van der Waals surface area contributed by atoms with Gasteiger partial charge in [0.1, 0.15) is 0 Å². The van der Waals surface area contributed by atoms with Crippen LogP contribution in [0.2, 0.25) is 0 Å². The minimum Gasteiger partial charge on any atom is -0.356 e. The molecular weight excluding hydrogens is 427 g/mol. The molecule has 0 saturated carbocycles. The number of likely N-dealkylation sites (tertiary alicyclic amines) is 1. The van der Waals surface area contributed by atoms with Crippen molar-refractivity contribution >= 4 is 29.9 Å². The number of unbranched alkanes of at least 4 members (excludes halogenated alkanes) is 1. The summed E-state index contributed by atoms with van der Waals surface area (Å²) in [6.45, 7) is 13.8. The zero-order valence-corrected chi connectivity index (χ0v) is 18.8. The van der Waals surface area contributed by atoms with E-state index in [1.165, 1.54) is 0 Å². The molecule has 25 heavy (non-hydrogen) atoms. The molecule has 142 valence electrons. The Kier molecular flexibility index (Phi) is 7.53. The number of aromatic nitrogens is 1. The Hall–Kier alpha value is -1.05. The van der Waals surface area contributed by atoms with Crippen molar-refractivity contribution in [1.29, 1.82) is 0 Å². The van der Waals surface area contributed by atoms with Gasteiger partial charge >= 0.3 is 0 Å². The number of nitrogens with zero attached hydrogens (tertiary/aromatic N) is 3. The van der Waals surface area contributed by atoms with Gasteiger partial charge in [0.25, 0.3) is 5.56 Å². The maximum absolute atomic E-state index is 11.8. The van der Waals surface area contributed by atoms with E-state index in [0.717, 1.165) is 44.1 Å². The average Bonchev–Trinajstić information content (AvgIpc) is 2.51. The van der Waals surface area contributed by atoms with Crippen LogP contribution in [-0.4, -0.2) is 41.1 Å². The third-order valence-corrected chi connectivity index (χ3v) is 5.71. The van der Waals surface area contributed by atoms with Crippen molar-refractivity contribution in [2.45, 2.75) is 59.5 Å². The third-order valence-electron chi connectivity index (χ3n) is 5.71. The van der Waals surface area contributed by atoms with Gasteiger partial charge in [-0.3, -0.25) is 9.79 Å². The van der Waals surface area contributed by atoms with Gasteiger partial charge in [-0.05, 0) is 39.7 Å². The molecule has 1 saturated heterocycles. The Balaban J connectivity index is 0.00000312. The van der Waals surface area contributed by atoms with Crippen LogP contribution in [0.4, 0.5) is 0 Å². The molecule has 2 rings (SSSR count). The first-order chi connectivity index (χ1) is 11.2. The lowest BCUT2D eigenvalue weighted by Gasteiger charge is -2.62. The number of aliphatic imine (C=N–C) groups is 1. The lowest BCUT2D eigenvalue weighted by atomic mass is 9.65. The number of rotatable bonds is 5. The monoisotopic (exact) mass is 460 g/mol. The number of hydrogen-bond acceptors (Lipinski definition) is 2. The van der Waals surface area contributed by atoms with Crippen LogP contribution < -0.4 is 10.9 Å². The van der Waals surface area contributed by atoms with Crippen LogP contribution >= 0.6 is 24.0 Å². The smallest absolute Gasteiger partial charge is 0.250 e. The Morgan fingerprint density at radius 2 is 1.92 bits per heavy atom. The van der Waals surface area contributed by atoms with E-state index in [0.29, 0.717) is 5.41 Å². The summed E-state index contributed by atoms with van der Waals surface area (Å²) in [5, 5.41) is 3.47. The van der Waals surface area contributed by atoms with Crippen LogP contribution in [0, 0.1) is 12.3 Å². The fourth-order valence-corrected chi connectivity index (χ4v) is 3.20. The van der Waals surface area contributed by atoms with Gasteiger partial charge in [0.15, 0.2) is 5.96 Å². The first-order valence-electron chi connectivity index (χ1n) is 8.85. The molecule has 1 aliphatic rings. The van der Waals surface area contributed by atoms with Gasteiger partial charge in [0.05, 0.1) is 0 Å². The van der Waals surface area contributed by atoms with Gasteiger partial charge < -0.3 is 14.8 Å². The second kappa shape index (κ2) is 8.56. The maximum atomic E-state index is 11.8. The molecule has 0 amide bonds. The van der Waals surface area contributed by atoms with Gasteiger partial charge in [0, 0.05) is 49.4 Å². The van der Waals surface area contributed by atoms with E-state index in [-0.39, 0.29) is 35.1 Å². The number of hydrogen-bond donors (Lipinski definition) is 1. The van der Waals surface area contributed by atoms with Crippen molar-refractivity contribution in [3.8, 4) is 0 Å². The minimum absolute atomic E-state index is 0. The van der Waals surface area contributed by atoms with Crippen LogP contribution in [0.3, 0.4) is 0 Å². The molecule has 0 atom stereocenters. The Labute approximate surface area is 168 Å². The van der Waals surface area contributed by atoms with Crippen LogP contribution in [-0.2, 0) is 6.54 Å². The van der Waals surface area contributed by atoms with Gasteiger partial charge in [-0.25, -0.2) is 0 Å². The molecule has 5 nitrogen and oxygen atoms in total. The summed E-state index contributed by atoms with van der Waals surface area (Å²) in [7, 11) is 1.84. The molecule has 1 fully saturated rings. The molecule has 2 heterocycles. The molecule has 0 aromatic carbocycles. The summed E-state index contributed by atoms with van der Waals surface area (Å²) in [6.07, 6.45) is 1.99. The standard InChI is InChI=1S/C19H32N4O.HI/c1-15-10-9-11-16(24)22(15)13-8-7-12-21-17(20-6)23-14-18(2,3)19(23,4)5;/h9-11H,7-8,12-14H2,1-6H3,(H,20,21);1H. The largest absolute Gasteiger partial charge is 0.356 e. The average molecular weight is 460 g/mol. The first kappa shape index (κ1) is 22.0. The summed E-state index contributed by atoms with van der Waals surface area (Å²) >= 11 is 0. The second-order valence-corrected chi connectivity index (χ2v) is 7.87. The lowest BCUT2D eigenvalue weighted by molar-refractivity contribution is -0.0667. The van der Waals surface area contributed by atoms with Gasteiger partial charge in [-0.15, -0.1) is 24.0 Å². The van der Waals surface area contributed by atoms with Crippen LogP contribution in [0.5, 0.6) is 0 Å². The molecule has 1 aromatic rings. The predicted molar refractivity (Wildman–Crippen MR) is 116 cm³/mol. The molecular formula is C19H33IN4O. The minimum atomic E-state index is 0. The van der Waals surface area contributed by atoms with Crippen molar-refractivity contribution in [3.63, 3.8) is 0 Å². The van der Waals surface area contributed by atoms with E-state index in [1.54, 1.807) is 6.07 Å². The van der Waals surface area contributed by atoms with Gasteiger partial charge in [-0.2, -0.15) is 0 Å².